The van der Waals surface area contributed by atoms with Crippen molar-refractivity contribution in [2.24, 2.45) is 0 Å². The maximum Gasteiger partial charge on any atom is 0.333 e. The second-order valence-corrected chi connectivity index (χ2v) is 26.7. The topological polar surface area (TPSA) is 316 Å². The molecule has 600 valence electrons. The second kappa shape index (κ2) is 74.6. The van der Waals surface area contributed by atoms with Gasteiger partial charge in [-0.05, 0) is 212 Å². The van der Waals surface area contributed by atoms with E-state index in [2.05, 4.69) is 13.5 Å². The maximum absolute atomic E-state index is 12.1. The van der Waals surface area contributed by atoms with Gasteiger partial charge >= 0.3 is 71.6 Å². The minimum atomic E-state index is -0.486. The Labute approximate surface area is 622 Å². The van der Waals surface area contributed by atoms with Gasteiger partial charge in [-0.25, -0.2) is 4.79 Å². The number of rotatable bonds is 76. The molecule has 0 spiro atoms. The first-order chi connectivity index (χ1) is 50.5. The third-order valence-electron chi connectivity index (χ3n) is 16.8. The molecule has 0 N–H and O–H groups in total. The van der Waals surface area contributed by atoms with Gasteiger partial charge in [0.05, 0.1) is 79.3 Å². The molecular weight excluding hydrogens is 1340 g/mol. The summed E-state index contributed by atoms with van der Waals surface area (Å²) in [6.45, 7) is 10.8. The van der Waals surface area contributed by atoms with Crippen LogP contribution >= 0.6 is 0 Å². The summed E-state index contributed by atoms with van der Waals surface area (Å²) in [7, 11) is 0. The second-order valence-electron chi connectivity index (χ2n) is 26.7. The van der Waals surface area contributed by atoms with E-state index in [4.69, 9.17) is 56.8 Å². The van der Waals surface area contributed by atoms with Crippen LogP contribution in [0, 0.1) is 0 Å². The van der Waals surface area contributed by atoms with Gasteiger partial charge in [-0.1, -0.05) is 71.3 Å². The molecule has 0 bridgehead atoms. The Morgan fingerprint density at radius 1 is 0.173 bits per heavy atom. The van der Waals surface area contributed by atoms with Crippen molar-refractivity contribution in [3.63, 3.8) is 0 Å². The Morgan fingerprint density at radius 3 is 0.452 bits per heavy atom. The Morgan fingerprint density at radius 2 is 0.298 bits per heavy atom. The van der Waals surface area contributed by atoms with Crippen molar-refractivity contribution in [2.45, 2.75) is 348 Å². The van der Waals surface area contributed by atoms with Crippen LogP contribution in [0.2, 0.25) is 0 Å². The van der Waals surface area contributed by atoms with Crippen LogP contribution in [-0.2, 0) is 114 Å². The average molecular weight is 1480 g/mol. The minimum absolute atomic E-state index is 0.128. The van der Waals surface area contributed by atoms with Crippen molar-refractivity contribution in [3.8, 4) is 0 Å². The first-order valence-corrected chi connectivity index (χ1v) is 40.1. The summed E-state index contributed by atoms with van der Waals surface area (Å²) in [5.41, 5.74) is 0.303. The highest BCUT2D eigenvalue weighted by atomic mass is 16.6. The summed E-state index contributed by atoms with van der Waals surface area (Å²) in [6.07, 6.45) is 36.0. The summed E-state index contributed by atoms with van der Waals surface area (Å²) >= 11 is 0. The van der Waals surface area contributed by atoms with Crippen LogP contribution in [0.25, 0.3) is 0 Å². The molecule has 0 fully saturated rings. The highest BCUT2D eigenvalue weighted by molar-refractivity contribution is 5.87. The molecule has 0 heterocycles. The van der Waals surface area contributed by atoms with Crippen LogP contribution in [0.4, 0.5) is 0 Å². The molecule has 0 saturated carbocycles. The van der Waals surface area contributed by atoms with Gasteiger partial charge < -0.3 is 56.8 Å². The number of carbonyl (C=O) groups is 12. The van der Waals surface area contributed by atoms with Crippen LogP contribution in [-0.4, -0.2) is 151 Å². The molecule has 0 amide bonds. The molecule has 0 aliphatic heterocycles. The zero-order valence-electron chi connectivity index (χ0n) is 64.3. The van der Waals surface area contributed by atoms with Crippen LogP contribution < -0.4 is 0 Å². The molecule has 0 aliphatic carbocycles. The maximum atomic E-state index is 12.1. The van der Waals surface area contributed by atoms with Crippen molar-refractivity contribution < 1.29 is 114 Å². The van der Waals surface area contributed by atoms with Gasteiger partial charge in [0, 0.05) is 76.2 Å². The predicted molar refractivity (Wildman–Crippen MR) is 392 cm³/mol. The van der Waals surface area contributed by atoms with Gasteiger partial charge in [-0.15, -0.1) is 0 Å². The standard InChI is InChI=1S/C80H136O24/c1-4-5-6-7-8-9-10-11-12-33-56-93-69(81)45-23-13-34-57-94-70(82)46-24-14-35-58-95-71(83)47-25-15-36-59-96-72(84)48-26-16-37-60-97-73(85)49-27-17-38-61-98-74(86)50-28-18-39-62-99-75(87)51-29-19-40-63-100-76(88)52-30-20-41-64-101-77(89)53-31-21-42-65-102-78(90)54-32-22-43-66-103-79(91)55-44-67-104-80(92)68(2)3/h2,4-67H2,1,3H3. The fourth-order valence-corrected chi connectivity index (χ4v) is 10.4. The molecule has 0 saturated heterocycles. The summed E-state index contributed by atoms with van der Waals surface area (Å²) in [5, 5.41) is 0. The van der Waals surface area contributed by atoms with Crippen molar-refractivity contribution in [3.05, 3.63) is 12.2 Å². The number of esters is 12. The highest BCUT2D eigenvalue weighted by Gasteiger charge is 2.13. The Balaban J connectivity index is 3.52. The van der Waals surface area contributed by atoms with Gasteiger partial charge in [0.1, 0.15) is 0 Å². The van der Waals surface area contributed by atoms with E-state index >= 15 is 0 Å². The normalized spacial score (nSPS) is 10.9. The summed E-state index contributed by atoms with van der Waals surface area (Å²) < 4.78 is 63.2. The summed E-state index contributed by atoms with van der Waals surface area (Å²) in [4.78, 5) is 144. The molecule has 0 aromatic carbocycles. The molecule has 24 heteroatoms. The van der Waals surface area contributed by atoms with Crippen molar-refractivity contribution in [1.82, 2.24) is 0 Å². The predicted octanol–water partition coefficient (Wildman–Crippen LogP) is 16.4. The van der Waals surface area contributed by atoms with E-state index in [1.807, 2.05) is 0 Å². The van der Waals surface area contributed by atoms with Gasteiger partial charge in [0.15, 0.2) is 0 Å². The van der Waals surface area contributed by atoms with Crippen LogP contribution in [0.15, 0.2) is 12.2 Å². The lowest BCUT2D eigenvalue weighted by atomic mass is 10.1. The molecular formula is C80H136O24. The molecule has 0 unspecified atom stereocenters. The zero-order chi connectivity index (χ0) is 76.2. The lowest BCUT2D eigenvalue weighted by Crippen LogP contribution is -2.10. The quantitative estimate of drug-likeness (QED) is 0.0236. The Hall–Kier alpha value is -6.62. The molecule has 24 nitrogen and oxygen atoms in total. The van der Waals surface area contributed by atoms with Crippen molar-refractivity contribution in [1.29, 1.82) is 0 Å². The first kappa shape index (κ1) is 97.4. The van der Waals surface area contributed by atoms with Gasteiger partial charge in [0.2, 0.25) is 0 Å². The number of carbonyl (C=O) groups excluding carboxylic acids is 12. The number of hydrogen-bond donors (Lipinski definition) is 0. The van der Waals surface area contributed by atoms with E-state index < -0.39 is 5.97 Å². The number of unbranched alkanes of at least 4 members (excludes halogenated alkanes) is 29. The van der Waals surface area contributed by atoms with E-state index in [1.54, 1.807) is 6.92 Å². The van der Waals surface area contributed by atoms with E-state index in [0.29, 0.717) is 212 Å². The zero-order valence-corrected chi connectivity index (χ0v) is 64.3. The fourth-order valence-electron chi connectivity index (χ4n) is 10.4. The largest absolute Gasteiger partial charge is 0.466 e. The molecule has 0 aromatic heterocycles. The van der Waals surface area contributed by atoms with Crippen LogP contribution in [0.1, 0.15) is 348 Å². The molecule has 0 radical (unpaired) electrons. The third-order valence-corrected chi connectivity index (χ3v) is 16.8. The van der Waals surface area contributed by atoms with Crippen LogP contribution in [0.5, 0.6) is 0 Å². The van der Waals surface area contributed by atoms with Gasteiger partial charge in [0.25, 0.3) is 0 Å². The molecule has 0 aromatic rings. The van der Waals surface area contributed by atoms with E-state index in [0.717, 1.165) is 51.4 Å². The number of hydrogen-bond acceptors (Lipinski definition) is 24. The fraction of sp³-hybridized carbons (Fsp3) is 0.825. The summed E-state index contributed by atoms with van der Waals surface area (Å²) in [6, 6.07) is 0. The van der Waals surface area contributed by atoms with Crippen molar-refractivity contribution in [2.75, 3.05) is 79.3 Å². The first-order valence-electron chi connectivity index (χ1n) is 40.1. The molecule has 0 atom stereocenters. The monoisotopic (exact) mass is 1480 g/mol. The Kier molecular flexibility index (Phi) is 69.9. The highest BCUT2D eigenvalue weighted by Crippen LogP contribution is 2.15. The molecule has 0 rings (SSSR count). The van der Waals surface area contributed by atoms with E-state index in [9.17, 15) is 57.5 Å². The number of ether oxygens (including phenoxy) is 12. The third kappa shape index (κ3) is 73.7. The Bertz CT molecular complexity index is 2270. The van der Waals surface area contributed by atoms with Gasteiger partial charge in [-0.2, -0.15) is 0 Å². The minimum Gasteiger partial charge on any atom is -0.466 e. The van der Waals surface area contributed by atoms with E-state index in [-0.39, 0.29) is 170 Å². The summed E-state index contributed by atoms with van der Waals surface area (Å²) in [5.74, 6) is -3.49. The lowest BCUT2D eigenvalue weighted by molar-refractivity contribution is -0.146. The molecule has 104 heavy (non-hydrogen) atoms. The van der Waals surface area contributed by atoms with Gasteiger partial charge in [-0.3, -0.25) is 52.7 Å². The molecule has 0 aliphatic rings. The van der Waals surface area contributed by atoms with Crippen LogP contribution in [0.3, 0.4) is 0 Å². The SMILES string of the molecule is C=C(C)C(=O)OCCCC(=O)OCCCCCC(=O)OCCCCCC(=O)OCCCCCC(=O)OCCCCCC(=O)OCCCCCC(=O)OCCCCCC(=O)OCCCCCC(=O)OCCCCCC(=O)OCCCCCC(=O)OCCCCCC(=O)OCCCCCCCCCCCC. The lowest BCUT2D eigenvalue weighted by Gasteiger charge is -2.07. The van der Waals surface area contributed by atoms with E-state index in [1.165, 1.54) is 51.4 Å². The van der Waals surface area contributed by atoms with Crippen molar-refractivity contribution >= 4 is 71.6 Å². The smallest absolute Gasteiger partial charge is 0.333 e. The average Bonchev–Trinajstić information content (AvgIpc) is 3.19.